The zero-order valence-corrected chi connectivity index (χ0v) is 21.1. The average Bonchev–Trinajstić information content (AvgIpc) is 3.39. The molecule has 2 saturated heterocycles. The Labute approximate surface area is 204 Å². The second-order valence-electron chi connectivity index (χ2n) is 9.82. The lowest BCUT2D eigenvalue weighted by atomic mass is 9.97. The molecule has 6 nitrogen and oxygen atoms in total. The summed E-state index contributed by atoms with van der Waals surface area (Å²) < 4.78 is 27.7. The molecule has 1 N–H and O–H groups in total. The Morgan fingerprint density at radius 2 is 1.53 bits per heavy atom. The van der Waals surface area contributed by atoms with Crippen LogP contribution >= 0.6 is 0 Å². The van der Waals surface area contributed by atoms with Gasteiger partial charge >= 0.3 is 0 Å². The number of benzene rings is 2. The number of hydrogen-bond donors (Lipinski definition) is 1. The lowest BCUT2D eigenvalue weighted by molar-refractivity contribution is -0.126. The third-order valence-corrected chi connectivity index (χ3v) is 9.16. The van der Waals surface area contributed by atoms with Crippen molar-refractivity contribution in [3.8, 4) is 0 Å². The summed E-state index contributed by atoms with van der Waals surface area (Å²) in [6.07, 6.45) is 3.50. The van der Waals surface area contributed by atoms with Crippen LogP contribution in [0, 0.1) is 5.92 Å². The predicted molar refractivity (Wildman–Crippen MR) is 135 cm³/mol. The quantitative estimate of drug-likeness (QED) is 0.612. The maximum atomic E-state index is 13.1. The molecule has 2 aliphatic rings. The van der Waals surface area contributed by atoms with Crippen molar-refractivity contribution in [2.75, 3.05) is 32.7 Å². The smallest absolute Gasteiger partial charge is 0.243 e. The number of rotatable bonds is 8. The van der Waals surface area contributed by atoms with E-state index in [0.29, 0.717) is 43.3 Å². The molecule has 2 aliphatic heterocycles. The first-order valence-electron chi connectivity index (χ1n) is 12.5. The highest BCUT2D eigenvalue weighted by Crippen LogP contribution is 2.27. The Morgan fingerprint density at radius 1 is 0.912 bits per heavy atom. The van der Waals surface area contributed by atoms with Crippen LogP contribution in [-0.4, -0.2) is 56.3 Å². The molecule has 1 atom stereocenters. The highest BCUT2D eigenvalue weighted by Gasteiger charge is 2.33. The molecule has 0 bridgehead atoms. The summed E-state index contributed by atoms with van der Waals surface area (Å²) in [6.45, 7) is 7.64. The number of piperidine rings is 1. The van der Waals surface area contributed by atoms with Gasteiger partial charge in [-0.05, 0) is 68.0 Å². The van der Waals surface area contributed by atoms with Crippen LogP contribution in [0.4, 0.5) is 0 Å². The maximum absolute atomic E-state index is 13.1. The first-order chi connectivity index (χ1) is 16.4. The zero-order valence-electron chi connectivity index (χ0n) is 20.3. The van der Waals surface area contributed by atoms with Gasteiger partial charge in [0.25, 0.3) is 0 Å². The zero-order chi connectivity index (χ0) is 24.1. The number of amides is 1. The second kappa shape index (κ2) is 11.0. The van der Waals surface area contributed by atoms with Crippen molar-refractivity contribution in [3.05, 3.63) is 65.7 Å². The molecule has 2 aromatic rings. The van der Waals surface area contributed by atoms with Crippen molar-refractivity contribution in [1.29, 1.82) is 0 Å². The minimum absolute atomic E-state index is 0.0402. The number of nitrogens with one attached hydrogen (secondary N) is 1. The summed E-state index contributed by atoms with van der Waals surface area (Å²) in [5.74, 6) is 0.251. The van der Waals surface area contributed by atoms with E-state index in [-0.39, 0.29) is 17.9 Å². The molecule has 0 spiro atoms. The Bertz CT molecular complexity index is 1040. The molecule has 0 aliphatic carbocycles. The summed E-state index contributed by atoms with van der Waals surface area (Å²) in [7, 11) is -3.53. The van der Waals surface area contributed by atoms with Gasteiger partial charge in [0.2, 0.25) is 15.9 Å². The van der Waals surface area contributed by atoms with Crippen LogP contribution in [0.2, 0.25) is 0 Å². The van der Waals surface area contributed by atoms with E-state index in [1.807, 2.05) is 30.3 Å². The van der Waals surface area contributed by atoms with Crippen molar-refractivity contribution in [3.63, 3.8) is 0 Å². The van der Waals surface area contributed by atoms with Gasteiger partial charge in [-0.25, -0.2) is 8.42 Å². The Balaban J connectivity index is 1.33. The number of sulfonamides is 1. The number of carbonyl (C=O) groups is 1. The summed E-state index contributed by atoms with van der Waals surface area (Å²) >= 11 is 0. The van der Waals surface area contributed by atoms with E-state index < -0.39 is 10.0 Å². The number of hydrogen-bond acceptors (Lipinski definition) is 4. The van der Waals surface area contributed by atoms with Crippen molar-refractivity contribution >= 4 is 15.9 Å². The van der Waals surface area contributed by atoms with Gasteiger partial charge in [0.1, 0.15) is 0 Å². The third-order valence-electron chi connectivity index (χ3n) is 7.24. The standard InChI is InChI=1S/C27H37N3O3S/c1-21(2)22-10-12-25(13-11-22)34(32,33)30-18-14-24(15-19-30)27(31)28-20-26(29-16-6-7-17-29)23-8-4-3-5-9-23/h3-5,8-13,21,24,26H,6-7,14-20H2,1-2H3,(H,28,31). The molecule has 4 rings (SSSR count). The Morgan fingerprint density at radius 3 is 2.12 bits per heavy atom. The van der Waals surface area contributed by atoms with Gasteiger partial charge in [0, 0.05) is 25.6 Å². The van der Waals surface area contributed by atoms with E-state index in [4.69, 9.17) is 0 Å². The van der Waals surface area contributed by atoms with E-state index in [2.05, 4.69) is 36.2 Å². The molecule has 2 heterocycles. The number of carbonyl (C=O) groups excluding carboxylic acids is 1. The molecule has 184 valence electrons. The lowest BCUT2D eigenvalue weighted by Crippen LogP contribution is -2.44. The predicted octanol–water partition coefficient (Wildman–Crippen LogP) is 4.16. The highest BCUT2D eigenvalue weighted by atomic mass is 32.2. The van der Waals surface area contributed by atoms with Gasteiger partial charge in [0.15, 0.2) is 0 Å². The monoisotopic (exact) mass is 483 g/mol. The van der Waals surface area contributed by atoms with Crippen LogP contribution in [0.5, 0.6) is 0 Å². The molecule has 1 unspecified atom stereocenters. The maximum Gasteiger partial charge on any atom is 0.243 e. The van der Waals surface area contributed by atoms with Crippen LogP contribution in [0.25, 0.3) is 0 Å². The van der Waals surface area contributed by atoms with Crippen LogP contribution in [0.1, 0.15) is 62.6 Å². The largest absolute Gasteiger partial charge is 0.354 e. The molecule has 2 aromatic carbocycles. The molecule has 0 saturated carbocycles. The average molecular weight is 484 g/mol. The van der Waals surface area contributed by atoms with Gasteiger partial charge in [0.05, 0.1) is 10.9 Å². The third kappa shape index (κ3) is 5.70. The van der Waals surface area contributed by atoms with E-state index >= 15 is 0 Å². The molecule has 0 radical (unpaired) electrons. The summed E-state index contributed by atoms with van der Waals surface area (Å²) in [4.78, 5) is 15.8. The van der Waals surface area contributed by atoms with E-state index in [9.17, 15) is 13.2 Å². The first-order valence-corrected chi connectivity index (χ1v) is 14.0. The van der Waals surface area contributed by atoms with Gasteiger partial charge < -0.3 is 5.32 Å². The van der Waals surface area contributed by atoms with Crippen LogP contribution in [0.3, 0.4) is 0 Å². The first kappa shape index (κ1) is 24.9. The second-order valence-corrected chi connectivity index (χ2v) is 11.8. The molecule has 7 heteroatoms. The van der Waals surface area contributed by atoms with Crippen LogP contribution < -0.4 is 5.32 Å². The highest BCUT2D eigenvalue weighted by molar-refractivity contribution is 7.89. The molecule has 34 heavy (non-hydrogen) atoms. The van der Waals surface area contributed by atoms with E-state index in [1.165, 1.54) is 22.7 Å². The van der Waals surface area contributed by atoms with Crippen molar-refractivity contribution in [1.82, 2.24) is 14.5 Å². The fourth-order valence-electron chi connectivity index (χ4n) is 5.06. The van der Waals surface area contributed by atoms with Gasteiger partial charge in [-0.2, -0.15) is 4.31 Å². The van der Waals surface area contributed by atoms with Crippen molar-refractivity contribution < 1.29 is 13.2 Å². The Hall–Kier alpha value is -2.22. The molecule has 2 fully saturated rings. The van der Waals surface area contributed by atoms with Gasteiger partial charge in [-0.15, -0.1) is 0 Å². The number of nitrogens with zero attached hydrogens (tertiary/aromatic N) is 2. The SMILES string of the molecule is CC(C)c1ccc(S(=O)(=O)N2CCC(C(=O)NCC(c3ccccc3)N3CCCC3)CC2)cc1. The van der Waals surface area contributed by atoms with Crippen LogP contribution in [-0.2, 0) is 14.8 Å². The summed E-state index contributed by atoms with van der Waals surface area (Å²) in [6, 6.07) is 17.7. The van der Waals surface area contributed by atoms with Gasteiger partial charge in [-0.1, -0.05) is 56.3 Å². The fourth-order valence-corrected chi connectivity index (χ4v) is 6.53. The molecule has 0 aromatic heterocycles. The normalized spacial score (nSPS) is 19.4. The minimum Gasteiger partial charge on any atom is -0.354 e. The van der Waals surface area contributed by atoms with Crippen molar-refractivity contribution in [2.24, 2.45) is 5.92 Å². The van der Waals surface area contributed by atoms with Crippen LogP contribution in [0.15, 0.2) is 59.5 Å². The number of likely N-dealkylation sites (tertiary alicyclic amines) is 1. The minimum atomic E-state index is -3.53. The van der Waals surface area contributed by atoms with Crippen molar-refractivity contribution in [2.45, 2.75) is 56.4 Å². The fraction of sp³-hybridized carbons (Fsp3) is 0.519. The lowest BCUT2D eigenvalue weighted by Gasteiger charge is -2.32. The van der Waals surface area contributed by atoms with Gasteiger partial charge in [-0.3, -0.25) is 9.69 Å². The molecule has 1 amide bonds. The molecular formula is C27H37N3O3S. The Kier molecular flexibility index (Phi) is 8.06. The van der Waals surface area contributed by atoms with E-state index in [0.717, 1.165) is 18.7 Å². The molecular weight excluding hydrogens is 446 g/mol. The topological polar surface area (TPSA) is 69.7 Å². The summed E-state index contributed by atoms with van der Waals surface area (Å²) in [5, 5.41) is 3.18. The summed E-state index contributed by atoms with van der Waals surface area (Å²) in [5.41, 5.74) is 2.35. The van der Waals surface area contributed by atoms with E-state index in [1.54, 1.807) is 12.1 Å².